The Morgan fingerprint density at radius 1 is 1.11 bits per heavy atom. The maximum absolute atomic E-state index is 12.4. The summed E-state index contributed by atoms with van der Waals surface area (Å²) in [4.78, 5) is 17.1. The number of oxazole rings is 1. The fourth-order valence-corrected chi connectivity index (χ4v) is 3.24. The van der Waals surface area contributed by atoms with Gasteiger partial charge < -0.3 is 9.73 Å². The third kappa shape index (κ3) is 4.57. The van der Waals surface area contributed by atoms with Crippen LogP contribution in [0.15, 0.2) is 34.7 Å². The van der Waals surface area contributed by atoms with Gasteiger partial charge in [0.1, 0.15) is 5.52 Å². The zero-order chi connectivity index (χ0) is 19.8. The van der Waals surface area contributed by atoms with Gasteiger partial charge in [-0.15, -0.1) is 0 Å². The summed E-state index contributed by atoms with van der Waals surface area (Å²) in [6.45, 7) is 12.2. The minimum absolute atomic E-state index is 0.0245. The Hall–Kier alpha value is -2.62. The molecular weight excluding hydrogens is 336 g/mol. The minimum atomic E-state index is -0.0505. The minimum Gasteiger partial charge on any atom is -0.440 e. The van der Waals surface area contributed by atoms with Crippen LogP contribution in [0, 0.1) is 26.2 Å². The molecule has 27 heavy (non-hydrogen) atoms. The second-order valence-corrected chi connectivity index (χ2v) is 8.60. The molecule has 0 aliphatic heterocycles. The van der Waals surface area contributed by atoms with Gasteiger partial charge in [0.2, 0.25) is 5.91 Å². The smallest absolute Gasteiger partial charge is 0.224 e. The first-order chi connectivity index (χ1) is 12.6. The zero-order valence-corrected chi connectivity index (χ0v) is 17.1. The molecule has 3 rings (SSSR count). The van der Waals surface area contributed by atoms with Crippen molar-refractivity contribution in [3.05, 3.63) is 58.5 Å². The van der Waals surface area contributed by atoms with Crippen LogP contribution in [0.4, 0.5) is 5.69 Å². The molecule has 142 valence electrons. The van der Waals surface area contributed by atoms with Crippen LogP contribution in [-0.4, -0.2) is 10.9 Å². The molecular formula is C23H28N2O2. The largest absolute Gasteiger partial charge is 0.440 e. The summed E-state index contributed by atoms with van der Waals surface area (Å²) >= 11 is 0. The highest BCUT2D eigenvalue weighted by Crippen LogP contribution is 2.31. The standard InChI is InChI=1S/C23H28N2O2/c1-14-7-9-17(10-8-14)12-20-25-22-16(3)21(15(2)11-18(22)27-20)24-19(26)13-23(4,5)6/h7-11H,12-13H2,1-6H3,(H,24,26). The van der Waals surface area contributed by atoms with E-state index in [1.54, 1.807) is 0 Å². The lowest BCUT2D eigenvalue weighted by molar-refractivity contribution is -0.117. The van der Waals surface area contributed by atoms with Crippen LogP contribution in [-0.2, 0) is 11.2 Å². The van der Waals surface area contributed by atoms with Gasteiger partial charge in [-0.25, -0.2) is 4.98 Å². The Balaban J connectivity index is 1.89. The molecule has 0 aliphatic carbocycles. The third-order valence-corrected chi connectivity index (χ3v) is 4.60. The van der Waals surface area contributed by atoms with Crippen LogP contribution in [0.3, 0.4) is 0 Å². The van der Waals surface area contributed by atoms with Gasteiger partial charge in [0, 0.05) is 24.1 Å². The van der Waals surface area contributed by atoms with Crippen molar-refractivity contribution < 1.29 is 9.21 Å². The molecule has 1 aromatic heterocycles. The molecule has 0 saturated heterocycles. The molecule has 0 spiro atoms. The molecule has 3 aromatic rings. The molecule has 0 unspecified atom stereocenters. The molecule has 1 heterocycles. The average molecular weight is 364 g/mol. The van der Waals surface area contributed by atoms with Crippen molar-refractivity contribution in [1.82, 2.24) is 4.98 Å². The molecule has 0 aliphatic rings. The highest BCUT2D eigenvalue weighted by molar-refractivity contribution is 5.96. The van der Waals surface area contributed by atoms with Crippen molar-refractivity contribution in [3.63, 3.8) is 0 Å². The quantitative estimate of drug-likeness (QED) is 0.644. The number of aryl methyl sites for hydroxylation is 3. The van der Waals surface area contributed by atoms with E-state index < -0.39 is 0 Å². The van der Waals surface area contributed by atoms with Crippen LogP contribution >= 0.6 is 0 Å². The number of aromatic nitrogens is 1. The number of fused-ring (bicyclic) bond motifs is 1. The van der Waals surface area contributed by atoms with Gasteiger partial charge in [-0.2, -0.15) is 0 Å². The maximum Gasteiger partial charge on any atom is 0.224 e. The number of nitrogens with zero attached hydrogens (tertiary/aromatic N) is 1. The number of benzene rings is 2. The van der Waals surface area contributed by atoms with Gasteiger partial charge in [-0.05, 0) is 43.4 Å². The number of hydrogen-bond donors (Lipinski definition) is 1. The van der Waals surface area contributed by atoms with E-state index in [1.807, 2.05) is 19.9 Å². The lowest BCUT2D eigenvalue weighted by Crippen LogP contribution is -2.20. The first kappa shape index (κ1) is 19.2. The highest BCUT2D eigenvalue weighted by atomic mass is 16.3. The van der Waals surface area contributed by atoms with Gasteiger partial charge in [0.25, 0.3) is 0 Å². The fourth-order valence-electron chi connectivity index (χ4n) is 3.24. The third-order valence-electron chi connectivity index (χ3n) is 4.60. The molecule has 4 heteroatoms. The van der Waals surface area contributed by atoms with Crippen molar-refractivity contribution >= 4 is 22.7 Å². The maximum atomic E-state index is 12.4. The Morgan fingerprint density at radius 3 is 2.41 bits per heavy atom. The monoisotopic (exact) mass is 364 g/mol. The summed E-state index contributed by atoms with van der Waals surface area (Å²) in [7, 11) is 0. The van der Waals surface area contributed by atoms with E-state index in [4.69, 9.17) is 9.40 Å². The van der Waals surface area contributed by atoms with E-state index >= 15 is 0 Å². The highest BCUT2D eigenvalue weighted by Gasteiger charge is 2.19. The average Bonchev–Trinajstić information content (AvgIpc) is 2.94. The van der Waals surface area contributed by atoms with Crippen LogP contribution in [0.2, 0.25) is 0 Å². The van der Waals surface area contributed by atoms with E-state index in [-0.39, 0.29) is 11.3 Å². The normalized spacial score (nSPS) is 11.8. The number of amides is 1. The van der Waals surface area contributed by atoms with Gasteiger partial charge in [-0.1, -0.05) is 50.6 Å². The fraction of sp³-hybridized carbons (Fsp3) is 0.391. The van der Waals surface area contributed by atoms with Crippen molar-refractivity contribution in [2.75, 3.05) is 5.32 Å². The Bertz CT molecular complexity index is 976. The van der Waals surface area contributed by atoms with E-state index in [1.165, 1.54) is 11.1 Å². The van der Waals surface area contributed by atoms with Gasteiger partial charge in [0.05, 0.1) is 0 Å². The van der Waals surface area contributed by atoms with Crippen molar-refractivity contribution in [2.24, 2.45) is 5.41 Å². The van der Waals surface area contributed by atoms with Gasteiger partial charge in [-0.3, -0.25) is 4.79 Å². The Kier molecular flexibility index (Phi) is 5.09. The first-order valence-corrected chi connectivity index (χ1v) is 9.37. The summed E-state index contributed by atoms with van der Waals surface area (Å²) in [5.74, 6) is 0.714. The second kappa shape index (κ2) is 7.18. The van der Waals surface area contributed by atoms with Gasteiger partial charge in [0.15, 0.2) is 11.5 Å². The number of carbonyl (C=O) groups is 1. The number of nitrogens with one attached hydrogen (secondary N) is 1. The van der Waals surface area contributed by atoms with Crippen molar-refractivity contribution in [3.8, 4) is 0 Å². The summed E-state index contributed by atoms with van der Waals surface area (Å²) < 4.78 is 5.98. The molecule has 0 bridgehead atoms. The van der Waals surface area contributed by atoms with Crippen LogP contribution in [0.5, 0.6) is 0 Å². The van der Waals surface area contributed by atoms with Crippen molar-refractivity contribution in [2.45, 2.75) is 54.4 Å². The van der Waals surface area contributed by atoms with Crippen LogP contribution in [0.1, 0.15) is 55.3 Å². The number of carbonyl (C=O) groups excluding carboxylic acids is 1. The zero-order valence-electron chi connectivity index (χ0n) is 17.1. The summed E-state index contributed by atoms with van der Waals surface area (Å²) in [5, 5.41) is 3.07. The predicted molar refractivity (Wildman–Crippen MR) is 110 cm³/mol. The van der Waals surface area contributed by atoms with Crippen molar-refractivity contribution in [1.29, 1.82) is 0 Å². The van der Waals surface area contributed by atoms with Crippen LogP contribution < -0.4 is 5.32 Å². The second-order valence-electron chi connectivity index (χ2n) is 8.60. The molecule has 2 aromatic carbocycles. The summed E-state index contributed by atoms with van der Waals surface area (Å²) in [6, 6.07) is 10.3. The van der Waals surface area contributed by atoms with E-state index in [2.05, 4.69) is 57.3 Å². The molecule has 1 N–H and O–H groups in total. The number of anilines is 1. The molecule has 1 amide bonds. The molecule has 4 nitrogen and oxygen atoms in total. The molecule has 0 saturated carbocycles. The molecule has 0 fully saturated rings. The number of hydrogen-bond acceptors (Lipinski definition) is 3. The van der Waals surface area contributed by atoms with Crippen LogP contribution in [0.25, 0.3) is 11.1 Å². The Morgan fingerprint density at radius 2 is 1.78 bits per heavy atom. The van der Waals surface area contributed by atoms with Gasteiger partial charge >= 0.3 is 0 Å². The lowest BCUT2D eigenvalue weighted by atomic mass is 9.92. The van der Waals surface area contributed by atoms with E-state index in [0.29, 0.717) is 18.7 Å². The van der Waals surface area contributed by atoms with E-state index in [9.17, 15) is 4.79 Å². The molecule has 0 atom stereocenters. The Labute approximate surface area is 161 Å². The summed E-state index contributed by atoms with van der Waals surface area (Å²) in [6.07, 6.45) is 1.13. The lowest BCUT2D eigenvalue weighted by Gasteiger charge is -2.18. The SMILES string of the molecule is Cc1ccc(Cc2nc3c(C)c(NC(=O)CC(C)(C)C)c(C)cc3o2)cc1. The molecule has 0 radical (unpaired) electrons. The first-order valence-electron chi connectivity index (χ1n) is 9.37. The number of rotatable bonds is 4. The predicted octanol–water partition coefficient (Wildman–Crippen LogP) is 5.72. The topological polar surface area (TPSA) is 55.1 Å². The van der Waals surface area contributed by atoms with E-state index in [0.717, 1.165) is 27.9 Å². The summed E-state index contributed by atoms with van der Waals surface area (Å²) in [5.41, 5.74) is 6.71.